The van der Waals surface area contributed by atoms with Crippen molar-refractivity contribution in [2.75, 3.05) is 11.9 Å². The van der Waals surface area contributed by atoms with Crippen molar-refractivity contribution in [3.8, 4) is 0 Å². The van der Waals surface area contributed by atoms with E-state index in [4.69, 9.17) is 4.98 Å². The first-order valence-corrected chi connectivity index (χ1v) is 10.5. The first-order valence-electron chi connectivity index (χ1n) is 10.5. The number of carboxylic acid groups (broad SMARTS) is 1. The van der Waals surface area contributed by atoms with Gasteiger partial charge in [0.25, 0.3) is 0 Å². The van der Waals surface area contributed by atoms with E-state index < -0.39 is 5.97 Å². The second-order valence-electron chi connectivity index (χ2n) is 7.89. The number of carboxylic acids is 1. The normalized spacial score (nSPS) is 14.0. The van der Waals surface area contributed by atoms with Crippen LogP contribution in [0.1, 0.15) is 53.4 Å². The van der Waals surface area contributed by atoms with Crippen LogP contribution in [0.4, 0.5) is 5.82 Å². The Morgan fingerprint density at radius 2 is 2.10 bits per heavy atom. The van der Waals surface area contributed by atoms with Gasteiger partial charge in [0.1, 0.15) is 5.82 Å². The monoisotopic (exact) mass is 405 g/mol. The Labute approximate surface area is 176 Å². The number of hydrogen-bond acceptors (Lipinski definition) is 5. The van der Waals surface area contributed by atoms with E-state index in [-0.39, 0.29) is 12.5 Å². The number of aliphatic carboxylic acids is 1. The van der Waals surface area contributed by atoms with Gasteiger partial charge in [0.05, 0.1) is 18.2 Å². The molecule has 0 amide bonds. The quantitative estimate of drug-likeness (QED) is 0.595. The molecule has 1 atom stereocenters. The molecule has 3 aromatic rings. The molecule has 2 N–H and O–H groups in total. The summed E-state index contributed by atoms with van der Waals surface area (Å²) in [6, 6.07) is 7.89. The number of pyridine rings is 2. The van der Waals surface area contributed by atoms with Crippen LogP contribution in [0, 0.1) is 6.92 Å². The molecule has 1 aliphatic heterocycles. The highest BCUT2D eigenvalue weighted by Crippen LogP contribution is 2.23. The van der Waals surface area contributed by atoms with Gasteiger partial charge in [-0.3, -0.25) is 14.5 Å². The van der Waals surface area contributed by atoms with Crippen molar-refractivity contribution in [3.05, 3.63) is 70.9 Å². The third-order valence-electron chi connectivity index (χ3n) is 5.45. The molecule has 0 aliphatic carbocycles. The topological polar surface area (TPSA) is 92.9 Å². The Kier molecular flexibility index (Phi) is 6.07. The van der Waals surface area contributed by atoms with Crippen LogP contribution < -0.4 is 5.32 Å². The maximum Gasteiger partial charge on any atom is 0.305 e. The van der Waals surface area contributed by atoms with Gasteiger partial charge >= 0.3 is 5.97 Å². The SMILES string of the molecule is Cc1cncc([C@H](CC(=O)O)n2ccc(CCCc3ccc4c(n3)NCCC4)n2)c1. The summed E-state index contributed by atoms with van der Waals surface area (Å²) < 4.78 is 1.75. The van der Waals surface area contributed by atoms with E-state index in [2.05, 4.69) is 27.5 Å². The zero-order valence-corrected chi connectivity index (χ0v) is 17.2. The zero-order valence-electron chi connectivity index (χ0n) is 17.2. The molecule has 0 saturated heterocycles. The van der Waals surface area contributed by atoms with Crippen molar-refractivity contribution in [1.82, 2.24) is 19.7 Å². The molecule has 0 radical (unpaired) electrons. The van der Waals surface area contributed by atoms with Gasteiger partial charge in [-0.2, -0.15) is 5.10 Å². The fourth-order valence-corrected chi connectivity index (χ4v) is 3.93. The van der Waals surface area contributed by atoms with Gasteiger partial charge in [-0.25, -0.2) is 4.98 Å². The van der Waals surface area contributed by atoms with E-state index in [1.807, 2.05) is 25.3 Å². The van der Waals surface area contributed by atoms with E-state index >= 15 is 0 Å². The molecule has 0 saturated carbocycles. The molecule has 7 nitrogen and oxygen atoms in total. The van der Waals surface area contributed by atoms with Crippen molar-refractivity contribution in [2.45, 2.75) is 51.5 Å². The minimum Gasteiger partial charge on any atom is -0.481 e. The third-order valence-corrected chi connectivity index (χ3v) is 5.45. The van der Waals surface area contributed by atoms with Crippen molar-refractivity contribution in [3.63, 3.8) is 0 Å². The van der Waals surface area contributed by atoms with E-state index in [9.17, 15) is 9.90 Å². The molecule has 0 spiro atoms. The summed E-state index contributed by atoms with van der Waals surface area (Å²) >= 11 is 0. The first-order chi connectivity index (χ1) is 14.6. The highest BCUT2D eigenvalue weighted by atomic mass is 16.4. The van der Waals surface area contributed by atoms with Gasteiger partial charge in [-0.15, -0.1) is 0 Å². The molecule has 30 heavy (non-hydrogen) atoms. The fraction of sp³-hybridized carbons (Fsp3) is 0.391. The maximum atomic E-state index is 11.4. The number of nitrogens with zero attached hydrogens (tertiary/aromatic N) is 4. The molecule has 7 heteroatoms. The van der Waals surface area contributed by atoms with Gasteiger partial charge in [0.2, 0.25) is 0 Å². The van der Waals surface area contributed by atoms with Gasteiger partial charge in [-0.1, -0.05) is 12.1 Å². The molecule has 4 heterocycles. The minimum absolute atomic E-state index is 0.0295. The summed E-state index contributed by atoms with van der Waals surface area (Å²) in [6.07, 6.45) is 10.2. The molecule has 0 unspecified atom stereocenters. The van der Waals surface area contributed by atoms with Crippen LogP contribution >= 0.6 is 0 Å². The second kappa shape index (κ2) is 9.07. The summed E-state index contributed by atoms with van der Waals surface area (Å²) in [7, 11) is 0. The Balaban J connectivity index is 1.40. The lowest BCUT2D eigenvalue weighted by Crippen LogP contribution is -2.16. The van der Waals surface area contributed by atoms with Gasteiger partial charge in [-0.05, 0) is 67.9 Å². The number of rotatable bonds is 8. The van der Waals surface area contributed by atoms with Crippen molar-refractivity contribution >= 4 is 11.8 Å². The fourth-order valence-electron chi connectivity index (χ4n) is 3.93. The number of carbonyl (C=O) groups is 1. The summed E-state index contributed by atoms with van der Waals surface area (Å²) in [5, 5.41) is 17.4. The lowest BCUT2D eigenvalue weighted by molar-refractivity contribution is -0.137. The lowest BCUT2D eigenvalue weighted by Gasteiger charge is -2.17. The van der Waals surface area contributed by atoms with Crippen molar-refractivity contribution < 1.29 is 9.90 Å². The van der Waals surface area contributed by atoms with Crippen LogP contribution in [0.25, 0.3) is 0 Å². The van der Waals surface area contributed by atoms with Crippen LogP contribution in [0.3, 0.4) is 0 Å². The molecule has 156 valence electrons. The average Bonchev–Trinajstić information content (AvgIpc) is 3.20. The number of fused-ring (bicyclic) bond motifs is 1. The molecular weight excluding hydrogens is 378 g/mol. The van der Waals surface area contributed by atoms with Crippen LogP contribution in [-0.4, -0.2) is 37.4 Å². The van der Waals surface area contributed by atoms with Crippen LogP contribution in [0.5, 0.6) is 0 Å². The first kappa shape index (κ1) is 20.1. The molecular formula is C23H27N5O2. The van der Waals surface area contributed by atoms with E-state index in [0.717, 1.165) is 67.0 Å². The van der Waals surface area contributed by atoms with Crippen molar-refractivity contribution in [2.24, 2.45) is 0 Å². The lowest BCUT2D eigenvalue weighted by atomic mass is 10.0. The largest absolute Gasteiger partial charge is 0.481 e. The van der Waals surface area contributed by atoms with E-state index in [1.54, 1.807) is 17.1 Å². The predicted octanol–water partition coefficient (Wildman–Crippen LogP) is 3.58. The van der Waals surface area contributed by atoms with Gasteiger partial charge in [0, 0.05) is 30.8 Å². The summed E-state index contributed by atoms with van der Waals surface area (Å²) in [4.78, 5) is 20.4. The predicted molar refractivity (Wildman–Crippen MR) is 115 cm³/mol. The summed E-state index contributed by atoms with van der Waals surface area (Å²) in [5.74, 6) is 0.178. The highest BCUT2D eigenvalue weighted by Gasteiger charge is 2.19. The van der Waals surface area contributed by atoms with Gasteiger partial charge < -0.3 is 10.4 Å². The number of aryl methyl sites for hydroxylation is 4. The number of nitrogens with one attached hydrogen (secondary N) is 1. The highest BCUT2D eigenvalue weighted by molar-refractivity contribution is 5.68. The van der Waals surface area contributed by atoms with Crippen LogP contribution in [-0.2, 0) is 24.1 Å². The third kappa shape index (κ3) is 4.84. The molecule has 0 fully saturated rings. The van der Waals surface area contributed by atoms with Crippen LogP contribution in [0.2, 0.25) is 0 Å². The van der Waals surface area contributed by atoms with Crippen molar-refractivity contribution in [1.29, 1.82) is 0 Å². The average molecular weight is 406 g/mol. The van der Waals surface area contributed by atoms with Gasteiger partial charge in [0.15, 0.2) is 0 Å². The van der Waals surface area contributed by atoms with E-state index in [0.29, 0.717) is 0 Å². The molecule has 0 bridgehead atoms. The standard InChI is InChI=1S/C23H27N5O2/c1-16-12-18(15-24-14-16)21(13-22(29)30)28-11-9-20(27-28)6-2-5-19-8-7-17-4-3-10-25-23(17)26-19/h7-9,11-12,14-15,21H,2-6,10,13H2,1H3,(H,25,26)(H,29,30)/t21-/m0/s1. The summed E-state index contributed by atoms with van der Waals surface area (Å²) in [5.41, 5.74) is 5.22. The number of hydrogen-bond donors (Lipinski definition) is 2. The zero-order chi connectivity index (χ0) is 20.9. The smallest absolute Gasteiger partial charge is 0.305 e. The van der Waals surface area contributed by atoms with Crippen LogP contribution in [0.15, 0.2) is 42.9 Å². The Hall–Kier alpha value is -3.22. The summed E-state index contributed by atoms with van der Waals surface area (Å²) in [6.45, 7) is 2.95. The molecule has 4 rings (SSSR count). The molecule has 3 aromatic heterocycles. The number of anilines is 1. The maximum absolute atomic E-state index is 11.4. The second-order valence-corrected chi connectivity index (χ2v) is 7.89. The Bertz CT molecular complexity index is 1030. The molecule has 0 aromatic carbocycles. The minimum atomic E-state index is -0.856. The van der Waals surface area contributed by atoms with E-state index in [1.165, 1.54) is 5.56 Å². The Morgan fingerprint density at radius 3 is 2.93 bits per heavy atom. The Morgan fingerprint density at radius 1 is 1.23 bits per heavy atom. The molecule has 1 aliphatic rings. The number of aromatic nitrogens is 4.